The molecule has 0 saturated heterocycles. The number of rotatable bonds is 8. The lowest BCUT2D eigenvalue weighted by atomic mass is 9.96. The minimum Gasteiger partial charge on any atom is -0.493 e. The third kappa shape index (κ3) is 4.36. The van der Waals surface area contributed by atoms with Crippen LogP contribution in [0.4, 0.5) is 0 Å². The average molecular weight is 356 g/mol. The Labute approximate surface area is 154 Å². The summed E-state index contributed by atoms with van der Waals surface area (Å²) >= 11 is 0. The highest BCUT2D eigenvalue weighted by Crippen LogP contribution is 2.36. The monoisotopic (exact) mass is 356 g/mol. The van der Waals surface area contributed by atoms with Gasteiger partial charge < -0.3 is 18.9 Å². The van der Waals surface area contributed by atoms with Gasteiger partial charge in [0.25, 0.3) is 0 Å². The van der Waals surface area contributed by atoms with Gasteiger partial charge in [-0.3, -0.25) is 4.79 Å². The van der Waals surface area contributed by atoms with Crippen molar-refractivity contribution in [3.05, 3.63) is 53.6 Å². The Bertz CT molecular complexity index is 808. The Morgan fingerprint density at radius 1 is 0.846 bits per heavy atom. The van der Waals surface area contributed by atoms with Crippen LogP contribution in [-0.4, -0.2) is 33.7 Å². The van der Waals surface area contributed by atoms with Gasteiger partial charge >= 0.3 is 0 Å². The highest BCUT2D eigenvalue weighted by molar-refractivity contribution is 5.99. The van der Waals surface area contributed by atoms with Gasteiger partial charge in [0.15, 0.2) is 28.8 Å². The molecule has 0 saturated carbocycles. The lowest BCUT2D eigenvalue weighted by molar-refractivity contribution is -0.112. The normalized spacial score (nSPS) is 11.0. The van der Waals surface area contributed by atoms with Gasteiger partial charge in [0.2, 0.25) is 0 Å². The molecule has 0 radical (unpaired) electrons. The summed E-state index contributed by atoms with van der Waals surface area (Å²) in [5, 5.41) is 0. The van der Waals surface area contributed by atoms with E-state index in [0.717, 1.165) is 16.7 Å². The third-order valence-corrected chi connectivity index (χ3v) is 3.82. The number of carbonyl (C=O) groups is 1. The molecule has 138 valence electrons. The molecular formula is C21H24O5. The zero-order valence-electron chi connectivity index (χ0n) is 15.8. The highest BCUT2D eigenvalue weighted by Gasteiger charge is 2.14. The van der Waals surface area contributed by atoms with Crippen LogP contribution in [0.15, 0.2) is 42.5 Å². The second kappa shape index (κ2) is 8.94. The molecule has 0 amide bonds. The molecule has 2 aromatic carbocycles. The summed E-state index contributed by atoms with van der Waals surface area (Å²) in [6.45, 7) is 3.95. The lowest BCUT2D eigenvalue weighted by Crippen LogP contribution is -1.99. The van der Waals surface area contributed by atoms with Crippen LogP contribution < -0.4 is 18.9 Å². The first-order valence-electron chi connectivity index (χ1n) is 8.29. The Balaban J connectivity index is 2.59. The van der Waals surface area contributed by atoms with Crippen molar-refractivity contribution in [1.29, 1.82) is 0 Å². The number of hydrogen-bond donors (Lipinski definition) is 0. The predicted octanol–water partition coefficient (Wildman–Crippen LogP) is 4.13. The van der Waals surface area contributed by atoms with E-state index >= 15 is 0 Å². The number of ether oxygens (including phenoxy) is 4. The van der Waals surface area contributed by atoms with E-state index in [2.05, 4.69) is 0 Å². The first-order valence-corrected chi connectivity index (χ1v) is 8.29. The van der Waals surface area contributed by atoms with Crippen LogP contribution in [0.3, 0.4) is 0 Å². The maximum atomic E-state index is 11.8. The van der Waals surface area contributed by atoms with Crippen LogP contribution in [-0.2, 0) is 4.79 Å². The molecule has 0 atom stereocenters. The fourth-order valence-corrected chi connectivity index (χ4v) is 2.65. The van der Waals surface area contributed by atoms with Crippen LogP contribution >= 0.6 is 0 Å². The van der Waals surface area contributed by atoms with Crippen LogP contribution in [0.5, 0.6) is 23.0 Å². The topological polar surface area (TPSA) is 54.0 Å². The van der Waals surface area contributed by atoms with Gasteiger partial charge in [-0.1, -0.05) is 12.1 Å². The van der Waals surface area contributed by atoms with Crippen molar-refractivity contribution in [3.63, 3.8) is 0 Å². The fourth-order valence-electron chi connectivity index (χ4n) is 2.65. The summed E-state index contributed by atoms with van der Waals surface area (Å²) in [7, 11) is 4.76. The highest BCUT2D eigenvalue weighted by atomic mass is 16.5. The van der Waals surface area contributed by atoms with Crippen LogP contribution in [0.25, 0.3) is 5.57 Å². The van der Waals surface area contributed by atoms with Crippen LogP contribution in [0.2, 0.25) is 0 Å². The molecule has 0 aliphatic carbocycles. The van der Waals surface area contributed by atoms with E-state index in [9.17, 15) is 4.79 Å². The van der Waals surface area contributed by atoms with Crippen molar-refractivity contribution in [2.24, 2.45) is 0 Å². The maximum Gasteiger partial charge on any atom is 0.161 e. The maximum absolute atomic E-state index is 11.8. The zero-order chi connectivity index (χ0) is 19.1. The molecule has 5 heteroatoms. The minimum absolute atomic E-state index is 0.0523. The third-order valence-electron chi connectivity index (χ3n) is 3.82. The standard InChI is InChI=1S/C21H24O5/c1-6-26-21-13-16(8-10-19(21)24-4)17(11-14(2)22)15-7-9-18(23-3)20(12-15)25-5/h7-13H,6H2,1-5H3/b17-11+. The van der Waals surface area contributed by atoms with Gasteiger partial charge in [-0.15, -0.1) is 0 Å². The number of methoxy groups -OCH3 is 3. The van der Waals surface area contributed by atoms with Gasteiger partial charge in [-0.2, -0.15) is 0 Å². The zero-order valence-corrected chi connectivity index (χ0v) is 15.8. The first kappa shape index (κ1) is 19.4. The molecule has 0 N–H and O–H groups in total. The Kier molecular flexibility index (Phi) is 6.67. The summed E-state index contributed by atoms with van der Waals surface area (Å²) < 4.78 is 21.7. The smallest absolute Gasteiger partial charge is 0.161 e. The van der Waals surface area contributed by atoms with E-state index in [4.69, 9.17) is 18.9 Å². The van der Waals surface area contributed by atoms with Crippen LogP contribution in [0, 0.1) is 0 Å². The van der Waals surface area contributed by atoms with Gasteiger partial charge in [0, 0.05) is 0 Å². The average Bonchev–Trinajstić information content (AvgIpc) is 2.65. The van der Waals surface area contributed by atoms with E-state index in [1.807, 2.05) is 43.3 Å². The van der Waals surface area contributed by atoms with E-state index in [1.165, 1.54) is 6.92 Å². The van der Waals surface area contributed by atoms with E-state index in [0.29, 0.717) is 29.6 Å². The summed E-state index contributed by atoms with van der Waals surface area (Å²) in [6.07, 6.45) is 1.60. The lowest BCUT2D eigenvalue weighted by Gasteiger charge is -2.15. The second-order valence-electron chi connectivity index (χ2n) is 5.54. The van der Waals surface area contributed by atoms with E-state index in [1.54, 1.807) is 27.4 Å². The summed E-state index contributed by atoms with van der Waals surface area (Å²) in [5.41, 5.74) is 2.45. The van der Waals surface area contributed by atoms with Crippen molar-refractivity contribution in [2.75, 3.05) is 27.9 Å². The van der Waals surface area contributed by atoms with E-state index < -0.39 is 0 Å². The molecule has 0 fully saturated rings. The van der Waals surface area contributed by atoms with Crippen molar-refractivity contribution in [1.82, 2.24) is 0 Å². The Hall–Kier alpha value is -2.95. The first-order chi connectivity index (χ1) is 12.5. The van der Waals surface area contributed by atoms with Crippen LogP contribution in [0.1, 0.15) is 25.0 Å². The molecule has 0 bridgehead atoms. The number of carbonyl (C=O) groups excluding carboxylic acids is 1. The molecule has 26 heavy (non-hydrogen) atoms. The SMILES string of the molecule is CCOc1cc(/C(=C/C(C)=O)c2ccc(OC)c(OC)c2)ccc1OC. The van der Waals surface area contributed by atoms with Crippen molar-refractivity contribution >= 4 is 11.4 Å². The fraction of sp³-hybridized carbons (Fsp3) is 0.286. The quantitative estimate of drug-likeness (QED) is 0.666. The number of hydrogen-bond acceptors (Lipinski definition) is 5. The van der Waals surface area contributed by atoms with Crippen molar-refractivity contribution in [2.45, 2.75) is 13.8 Å². The number of ketones is 1. The molecule has 0 heterocycles. The van der Waals surface area contributed by atoms with Crippen molar-refractivity contribution < 1.29 is 23.7 Å². The van der Waals surface area contributed by atoms with Gasteiger partial charge in [-0.25, -0.2) is 0 Å². The Morgan fingerprint density at radius 3 is 1.81 bits per heavy atom. The Morgan fingerprint density at radius 2 is 1.35 bits per heavy atom. The molecule has 2 aromatic rings. The second-order valence-corrected chi connectivity index (χ2v) is 5.54. The van der Waals surface area contributed by atoms with E-state index in [-0.39, 0.29) is 5.78 Å². The number of benzene rings is 2. The predicted molar refractivity (Wildman–Crippen MR) is 101 cm³/mol. The molecule has 0 aliphatic heterocycles. The van der Waals surface area contributed by atoms with Gasteiger partial charge in [0.1, 0.15) is 0 Å². The summed E-state index contributed by atoms with van der Waals surface area (Å²) in [4.78, 5) is 11.8. The molecule has 5 nitrogen and oxygen atoms in total. The summed E-state index contributed by atoms with van der Waals surface area (Å²) in [5.74, 6) is 2.44. The molecule has 2 rings (SSSR count). The molecular weight excluding hydrogens is 332 g/mol. The minimum atomic E-state index is -0.0523. The largest absolute Gasteiger partial charge is 0.493 e. The summed E-state index contributed by atoms with van der Waals surface area (Å²) in [6, 6.07) is 11.1. The van der Waals surface area contributed by atoms with Gasteiger partial charge in [-0.05, 0) is 60.9 Å². The molecule has 0 unspecified atom stereocenters. The number of allylic oxidation sites excluding steroid dienone is 1. The van der Waals surface area contributed by atoms with Crippen molar-refractivity contribution in [3.8, 4) is 23.0 Å². The molecule has 0 spiro atoms. The molecule has 0 aliphatic rings. The molecule has 0 aromatic heterocycles. The van der Waals surface area contributed by atoms with Gasteiger partial charge in [0.05, 0.1) is 27.9 Å².